The first-order chi connectivity index (χ1) is 15.0. The number of nitrogens with one attached hydrogen (secondary N) is 1. The number of aliphatic carboxylic acids is 1. The van der Waals surface area contributed by atoms with Crippen LogP contribution in [0.25, 0.3) is 10.8 Å². The molecule has 1 aliphatic carbocycles. The highest BCUT2D eigenvalue weighted by atomic mass is 32.2. The van der Waals surface area contributed by atoms with Crippen LogP contribution >= 0.6 is 0 Å². The SMILES string of the molecule is CC(C)(C)[C@H](CC(=O)[C@@H](NS(=O)(=O)c1ccc2ccccc2c1)C1CCCCC1)C(=O)O. The average Bonchev–Trinajstić information content (AvgIpc) is 2.75. The monoisotopic (exact) mass is 459 g/mol. The first-order valence-corrected chi connectivity index (χ1v) is 12.7. The highest BCUT2D eigenvalue weighted by Gasteiger charge is 2.39. The predicted molar refractivity (Wildman–Crippen MR) is 125 cm³/mol. The molecule has 0 heterocycles. The van der Waals surface area contributed by atoms with Crippen LogP contribution in [0.15, 0.2) is 47.4 Å². The first-order valence-electron chi connectivity index (χ1n) is 11.3. The second kappa shape index (κ2) is 9.71. The summed E-state index contributed by atoms with van der Waals surface area (Å²) < 4.78 is 29.2. The summed E-state index contributed by atoms with van der Waals surface area (Å²) in [5, 5.41) is 11.4. The van der Waals surface area contributed by atoms with Crippen molar-refractivity contribution in [1.82, 2.24) is 4.72 Å². The summed E-state index contributed by atoms with van der Waals surface area (Å²) in [6, 6.07) is 11.5. The van der Waals surface area contributed by atoms with Gasteiger partial charge in [-0.2, -0.15) is 0 Å². The number of sulfonamides is 1. The van der Waals surface area contributed by atoms with Crippen LogP contribution in [0.5, 0.6) is 0 Å². The van der Waals surface area contributed by atoms with Gasteiger partial charge in [0.25, 0.3) is 0 Å². The van der Waals surface area contributed by atoms with E-state index in [2.05, 4.69) is 4.72 Å². The number of rotatable bonds is 8. The molecule has 2 aromatic carbocycles. The summed E-state index contributed by atoms with van der Waals surface area (Å²) in [6.45, 7) is 5.36. The molecule has 0 unspecified atom stereocenters. The number of ketones is 1. The van der Waals surface area contributed by atoms with E-state index in [0.29, 0.717) is 0 Å². The van der Waals surface area contributed by atoms with E-state index in [1.54, 1.807) is 39.0 Å². The summed E-state index contributed by atoms with van der Waals surface area (Å²) in [5.74, 6) is -2.39. The van der Waals surface area contributed by atoms with Gasteiger partial charge in [0, 0.05) is 6.42 Å². The molecule has 0 radical (unpaired) electrons. The second-order valence-electron chi connectivity index (χ2n) is 9.93. The molecule has 2 atom stereocenters. The summed E-state index contributed by atoms with van der Waals surface area (Å²) in [6.07, 6.45) is 4.25. The Morgan fingerprint density at radius 1 is 1.03 bits per heavy atom. The lowest BCUT2D eigenvalue weighted by Crippen LogP contribution is -2.48. The van der Waals surface area contributed by atoms with Crippen molar-refractivity contribution in [2.45, 2.75) is 70.2 Å². The molecule has 2 N–H and O–H groups in total. The fraction of sp³-hybridized carbons (Fsp3) is 0.520. The van der Waals surface area contributed by atoms with Crippen LogP contribution in [-0.2, 0) is 19.6 Å². The maximum atomic E-state index is 13.3. The molecule has 0 amide bonds. The Labute approximate surface area is 190 Å². The van der Waals surface area contributed by atoms with Crippen LogP contribution in [0, 0.1) is 17.3 Å². The number of hydrogen-bond donors (Lipinski definition) is 2. The van der Waals surface area contributed by atoms with Gasteiger partial charge in [0.1, 0.15) is 0 Å². The molecule has 1 saturated carbocycles. The Morgan fingerprint density at radius 2 is 1.66 bits per heavy atom. The van der Waals surface area contributed by atoms with Gasteiger partial charge >= 0.3 is 5.97 Å². The molecule has 0 bridgehead atoms. The van der Waals surface area contributed by atoms with Crippen LogP contribution in [0.4, 0.5) is 0 Å². The Balaban J connectivity index is 1.90. The third-order valence-electron chi connectivity index (χ3n) is 6.53. The Hall–Kier alpha value is -2.25. The van der Waals surface area contributed by atoms with Crippen LogP contribution in [0.1, 0.15) is 59.3 Å². The fourth-order valence-electron chi connectivity index (χ4n) is 4.55. The van der Waals surface area contributed by atoms with Crippen molar-refractivity contribution in [3.8, 4) is 0 Å². The molecule has 1 fully saturated rings. The van der Waals surface area contributed by atoms with Gasteiger partial charge in [-0.25, -0.2) is 13.1 Å². The highest BCUT2D eigenvalue weighted by molar-refractivity contribution is 7.89. The van der Waals surface area contributed by atoms with Crippen molar-refractivity contribution in [3.63, 3.8) is 0 Å². The third-order valence-corrected chi connectivity index (χ3v) is 7.97. The summed E-state index contributed by atoms with van der Waals surface area (Å²) >= 11 is 0. The molecule has 1 aliphatic rings. The minimum absolute atomic E-state index is 0.107. The molecule has 3 rings (SSSR count). The number of hydrogen-bond acceptors (Lipinski definition) is 4. The van der Waals surface area contributed by atoms with E-state index in [9.17, 15) is 23.1 Å². The van der Waals surface area contributed by atoms with E-state index >= 15 is 0 Å². The maximum absolute atomic E-state index is 13.3. The molecule has 2 aromatic rings. The van der Waals surface area contributed by atoms with E-state index < -0.39 is 33.4 Å². The number of carbonyl (C=O) groups excluding carboxylic acids is 1. The second-order valence-corrected chi connectivity index (χ2v) is 11.6. The molecule has 0 aromatic heterocycles. The van der Waals surface area contributed by atoms with Gasteiger partial charge in [-0.1, -0.05) is 70.4 Å². The number of benzene rings is 2. The molecule has 174 valence electrons. The van der Waals surface area contributed by atoms with Crippen molar-refractivity contribution in [2.75, 3.05) is 0 Å². The predicted octanol–water partition coefficient (Wildman–Crippen LogP) is 4.77. The van der Waals surface area contributed by atoms with Gasteiger partial charge in [0.05, 0.1) is 16.9 Å². The first kappa shape index (κ1) is 24.4. The van der Waals surface area contributed by atoms with Crippen LogP contribution in [-0.4, -0.2) is 31.3 Å². The zero-order valence-electron chi connectivity index (χ0n) is 19.0. The highest BCUT2D eigenvalue weighted by Crippen LogP contribution is 2.33. The minimum atomic E-state index is -3.96. The Kier molecular flexibility index (Phi) is 7.40. The molecule has 6 nitrogen and oxygen atoms in total. The molecular formula is C25H33NO5S. The van der Waals surface area contributed by atoms with Crippen LogP contribution < -0.4 is 4.72 Å². The lowest BCUT2D eigenvalue weighted by Gasteiger charge is -2.32. The van der Waals surface area contributed by atoms with Crippen molar-refractivity contribution in [2.24, 2.45) is 17.3 Å². The van der Waals surface area contributed by atoms with E-state index in [-0.39, 0.29) is 23.0 Å². The van der Waals surface area contributed by atoms with Gasteiger partial charge in [-0.15, -0.1) is 0 Å². The van der Waals surface area contributed by atoms with Crippen molar-refractivity contribution >= 4 is 32.5 Å². The summed E-state index contributed by atoms with van der Waals surface area (Å²) in [7, 11) is -3.96. The number of carboxylic acids is 1. The minimum Gasteiger partial charge on any atom is -0.481 e. The molecule has 0 aliphatic heterocycles. The molecule has 7 heteroatoms. The average molecular weight is 460 g/mol. The molecular weight excluding hydrogens is 426 g/mol. The Morgan fingerprint density at radius 3 is 2.25 bits per heavy atom. The lowest BCUT2D eigenvalue weighted by molar-refractivity contribution is -0.148. The van der Waals surface area contributed by atoms with Gasteiger partial charge in [-0.3, -0.25) is 9.59 Å². The molecule has 0 saturated heterocycles. The Bertz CT molecular complexity index is 1080. The maximum Gasteiger partial charge on any atom is 0.307 e. The molecule has 32 heavy (non-hydrogen) atoms. The van der Waals surface area contributed by atoms with Gasteiger partial charge in [0.2, 0.25) is 10.0 Å². The van der Waals surface area contributed by atoms with Gasteiger partial charge in [0.15, 0.2) is 5.78 Å². The van der Waals surface area contributed by atoms with Crippen molar-refractivity contribution in [1.29, 1.82) is 0 Å². The summed E-state index contributed by atoms with van der Waals surface area (Å²) in [4.78, 5) is 25.3. The smallest absolute Gasteiger partial charge is 0.307 e. The van der Waals surface area contributed by atoms with E-state index in [1.807, 2.05) is 24.3 Å². The normalized spacial score (nSPS) is 17.7. The lowest BCUT2D eigenvalue weighted by atomic mass is 9.75. The van der Waals surface area contributed by atoms with Crippen molar-refractivity contribution < 1.29 is 23.1 Å². The largest absolute Gasteiger partial charge is 0.481 e. The van der Waals surface area contributed by atoms with E-state index in [4.69, 9.17) is 0 Å². The quantitative estimate of drug-likeness (QED) is 0.592. The topological polar surface area (TPSA) is 101 Å². The van der Waals surface area contributed by atoms with E-state index in [1.165, 1.54) is 0 Å². The van der Waals surface area contributed by atoms with Crippen molar-refractivity contribution in [3.05, 3.63) is 42.5 Å². The van der Waals surface area contributed by atoms with E-state index in [0.717, 1.165) is 42.9 Å². The number of Topliss-reactive ketones (excluding diaryl/α,β-unsaturated/α-hetero) is 1. The summed E-state index contributed by atoms with van der Waals surface area (Å²) in [5.41, 5.74) is -0.615. The molecule has 0 spiro atoms. The number of fused-ring (bicyclic) bond motifs is 1. The number of carboxylic acid groups (broad SMARTS) is 1. The number of carbonyl (C=O) groups is 2. The fourth-order valence-corrected chi connectivity index (χ4v) is 5.88. The zero-order chi connectivity index (χ0) is 23.5. The zero-order valence-corrected chi connectivity index (χ0v) is 19.8. The third kappa shape index (κ3) is 5.75. The van der Waals surface area contributed by atoms with Crippen LogP contribution in [0.2, 0.25) is 0 Å². The van der Waals surface area contributed by atoms with Crippen LogP contribution in [0.3, 0.4) is 0 Å². The van der Waals surface area contributed by atoms with Gasteiger partial charge < -0.3 is 5.11 Å². The standard InChI is InChI=1S/C25H33NO5S/c1-25(2,3)21(24(28)29)16-22(27)23(18-10-5-4-6-11-18)26-32(30,31)20-14-13-17-9-7-8-12-19(17)15-20/h7-9,12-15,18,21,23,26H,4-6,10-11,16H2,1-3H3,(H,28,29)/t21-,23+/m1/s1. The van der Waals surface area contributed by atoms with Gasteiger partial charge in [-0.05, 0) is 47.1 Å².